The van der Waals surface area contributed by atoms with Crippen LogP contribution >= 0.6 is 0 Å². The average molecular weight is 410 g/mol. The SMILES string of the molecule is COc1ccc(OC)c(C(=O)N2CCCC[C@H]2c2nn(C)cc2-c2cc(C)no2)c1. The molecule has 8 heteroatoms. The van der Waals surface area contributed by atoms with Gasteiger partial charge < -0.3 is 18.9 Å². The Morgan fingerprint density at radius 2 is 2.03 bits per heavy atom. The number of hydrogen-bond acceptors (Lipinski definition) is 6. The van der Waals surface area contributed by atoms with Crippen molar-refractivity contribution < 1.29 is 18.8 Å². The molecule has 0 spiro atoms. The zero-order chi connectivity index (χ0) is 21.3. The molecule has 1 atom stereocenters. The second-order valence-corrected chi connectivity index (χ2v) is 7.51. The van der Waals surface area contributed by atoms with E-state index in [-0.39, 0.29) is 11.9 Å². The molecule has 2 aromatic heterocycles. The van der Waals surface area contributed by atoms with Crippen LogP contribution in [-0.2, 0) is 7.05 Å². The van der Waals surface area contributed by atoms with Crippen LogP contribution in [0.15, 0.2) is 35.0 Å². The summed E-state index contributed by atoms with van der Waals surface area (Å²) in [4.78, 5) is 15.5. The fourth-order valence-corrected chi connectivity index (χ4v) is 4.03. The summed E-state index contributed by atoms with van der Waals surface area (Å²) in [7, 11) is 5.02. The zero-order valence-corrected chi connectivity index (χ0v) is 17.7. The quantitative estimate of drug-likeness (QED) is 0.637. The normalized spacial score (nSPS) is 16.5. The molecular formula is C22H26N4O4. The minimum absolute atomic E-state index is 0.0965. The van der Waals surface area contributed by atoms with Gasteiger partial charge in [0.2, 0.25) is 0 Å². The van der Waals surface area contributed by atoms with Crippen LogP contribution in [0, 0.1) is 6.92 Å². The summed E-state index contributed by atoms with van der Waals surface area (Å²) in [6.45, 7) is 2.53. The molecule has 4 rings (SSSR count). The first-order chi connectivity index (χ1) is 14.5. The summed E-state index contributed by atoms with van der Waals surface area (Å²) in [5, 5.41) is 8.71. The minimum atomic E-state index is -0.163. The number of nitrogens with zero attached hydrogens (tertiary/aromatic N) is 4. The Morgan fingerprint density at radius 3 is 2.73 bits per heavy atom. The first-order valence-corrected chi connectivity index (χ1v) is 10.0. The van der Waals surface area contributed by atoms with Gasteiger partial charge in [0.25, 0.3) is 5.91 Å². The van der Waals surface area contributed by atoms with Gasteiger partial charge in [0.05, 0.1) is 42.8 Å². The lowest BCUT2D eigenvalue weighted by Crippen LogP contribution is -2.39. The van der Waals surface area contributed by atoms with E-state index in [1.54, 1.807) is 37.1 Å². The van der Waals surface area contributed by atoms with Crippen molar-refractivity contribution in [2.24, 2.45) is 7.05 Å². The molecule has 0 N–H and O–H groups in total. The number of ether oxygens (including phenoxy) is 2. The summed E-state index contributed by atoms with van der Waals surface area (Å²) in [6, 6.07) is 7.00. The number of amides is 1. The summed E-state index contributed by atoms with van der Waals surface area (Å²) < 4.78 is 18.0. The Kier molecular flexibility index (Phi) is 5.48. The molecule has 1 amide bonds. The largest absolute Gasteiger partial charge is 0.497 e. The van der Waals surface area contributed by atoms with E-state index in [9.17, 15) is 4.79 Å². The average Bonchev–Trinajstić information content (AvgIpc) is 3.38. The predicted molar refractivity (Wildman–Crippen MR) is 111 cm³/mol. The monoisotopic (exact) mass is 410 g/mol. The number of carbonyl (C=O) groups is 1. The molecular weight excluding hydrogens is 384 g/mol. The van der Waals surface area contributed by atoms with Crippen molar-refractivity contribution in [2.45, 2.75) is 32.2 Å². The number of rotatable bonds is 5. The first-order valence-electron chi connectivity index (χ1n) is 10.0. The lowest BCUT2D eigenvalue weighted by atomic mass is 9.95. The Labute approximate surface area is 175 Å². The van der Waals surface area contributed by atoms with Gasteiger partial charge in [-0.2, -0.15) is 5.10 Å². The van der Waals surface area contributed by atoms with E-state index < -0.39 is 0 Å². The highest BCUT2D eigenvalue weighted by Gasteiger charge is 2.34. The first kappa shape index (κ1) is 20.0. The number of methoxy groups -OCH3 is 2. The van der Waals surface area contributed by atoms with E-state index in [2.05, 4.69) is 5.16 Å². The smallest absolute Gasteiger partial charge is 0.258 e. The highest BCUT2D eigenvalue weighted by Crippen LogP contribution is 2.38. The molecule has 3 aromatic rings. The van der Waals surface area contributed by atoms with Crippen molar-refractivity contribution in [3.05, 3.63) is 47.4 Å². The summed E-state index contributed by atoms with van der Waals surface area (Å²) in [5.41, 5.74) is 2.97. The molecule has 1 aliphatic rings. The number of likely N-dealkylation sites (tertiary alicyclic amines) is 1. The van der Waals surface area contributed by atoms with Crippen LogP contribution in [-0.4, -0.2) is 46.5 Å². The Bertz CT molecular complexity index is 1060. The minimum Gasteiger partial charge on any atom is -0.497 e. The van der Waals surface area contributed by atoms with Gasteiger partial charge in [0.1, 0.15) is 11.5 Å². The molecule has 30 heavy (non-hydrogen) atoms. The summed E-state index contributed by atoms with van der Waals surface area (Å²) >= 11 is 0. The summed E-state index contributed by atoms with van der Waals surface area (Å²) in [6.07, 6.45) is 4.71. The third-order valence-corrected chi connectivity index (χ3v) is 5.47. The molecule has 1 aromatic carbocycles. The van der Waals surface area contributed by atoms with Crippen LogP contribution in [0.2, 0.25) is 0 Å². The Morgan fingerprint density at radius 1 is 1.20 bits per heavy atom. The lowest BCUT2D eigenvalue weighted by Gasteiger charge is -2.35. The van der Waals surface area contributed by atoms with E-state index in [0.29, 0.717) is 29.4 Å². The Balaban J connectivity index is 1.74. The van der Waals surface area contributed by atoms with Crippen molar-refractivity contribution in [2.75, 3.05) is 20.8 Å². The van der Waals surface area contributed by atoms with E-state index in [0.717, 1.165) is 36.2 Å². The van der Waals surface area contributed by atoms with Gasteiger partial charge in [0, 0.05) is 25.9 Å². The zero-order valence-electron chi connectivity index (χ0n) is 17.7. The highest BCUT2D eigenvalue weighted by molar-refractivity contribution is 5.97. The molecule has 1 fully saturated rings. The predicted octanol–water partition coefficient (Wildman–Crippen LogP) is 3.77. The molecule has 0 aliphatic carbocycles. The van der Waals surface area contributed by atoms with Gasteiger partial charge in [-0.25, -0.2) is 0 Å². The van der Waals surface area contributed by atoms with Crippen LogP contribution in [0.5, 0.6) is 11.5 Å². The fourth-order valence-electron chi connectivity index (χ4n) is 4.03. The van der Waals surface area contributed by atoms with Gasteiger partial charge in [-0.15, -0.1) is 0 Å². The van der Waals surface area contributed by atoms with Crippen LogP contribution in [0.4, 0.5) is 0 Å². The molecule has 0 bridgehead atoms. The summed E-state index contributed by atoms with van der Waals surface area (Å²) in [5.74, 6) is 1.70. The standard InChI is InChI=1S/C22H26N4O4/c1-14-11-20(30-24-14)17-13-25(2)23-21(17)18-7-5-6-10-26(18)22(27)16-12-15(28-3)8-9-19(16)29-4/h8-9,11-13,18H,5-7,10H2,1-4H3/t18-/m0/s1. The number of carbonyl (C=O) groups excluding carboxylic acids is 1. The molecule has 3 heterocycles. The van der Waals surface area contributed by atoms with Gasteiger partial charge in [-0.3, -0.25) is 9.48 Å². The van der Waals surface area contributed by atoms with Crippen LogP contribution in [0.25, 0.3) is 11.3 Å². The van der Waals surface area contributed by atoms with Crippen molar-refractivity contribution in [1.82, 2.24) is 19.8 Å². The second-order valence-electron chi connectivity index (χ2n) is 7.51. The maximum Gasteiger partial charge on any atom is 0.258 e. The number of hydrogen-bond donors (Lipinski definition) is 0. The maximum atomic E-state index is 13.6. The molecule has 1 aliphatic heterocycles. The lowest BCUT2D eigenvalue weighted by molar-refractivity contribution is 0.0602. The van der Waals surface area contributed by atoms with E-state index >= 15 is 0 Å². The van der Waals surface area contributed by atoms with E-state index in [4.69, 9.17) is 19.1 Å². The van der Waals surface area contributed by atoms with Crippen molar-refractivity contribution in [3.8, 4) is 22.8 Å². The third kappa shape index (κ3) is 3.65. The van der Waals surface area contributed by atoms with Crippen molar-refractivity contribution >= 4 is 5.91 Å². The highest BCUT2D eigenvalue weighted by atomic mass is 16.5. The Hall–Kier alpha value is -3.29. The number of piperidine rings is 1. The van der Waals surface area contributed by atoms with Gasteiger partial charge in [-0.1, -0.05) is 5.16 Å². The van der Waals surface area contributed by atoms with Gasteiger partial charge in [0.15, 0.2) is 5.76 Å². The van der Waals surface area contributed by atoms with Gasteiger partial charge in [-0.05, 0) is 44.4 Å². The van der Waals surface area contributed by atoms with E-state index in [1.807, 2.05) is 31.1 Å². The molecule has 158 valence electrons. The molecule has 0 unspecified atom stereocenters. The number of aromatic nitrogens is 3. The molecule has 8 nitrogen and oxygen atoms in total. The molecule has 0 radical (unpaired) electrons. The van der Waals surface area contributed by atoms with Crippen LogP contribution in [0.1, 0.15) is 47.1 Å². The fraction of sp³-hybridized carbons (Fsp3) is 0.409. The number of benzene rings is 1. The topological polar surface area (TPSA) is 82.6 Å². The van der Waals surface area contributed by atoms with Crippen LogP contribution < -0.4 is 9.47 Å². The van der Waals surface area contributed by atoms with E-state index in [1.165, 1.54) is 0 Å². The van der Waals surface area contributed by atoms with Gasteiger partial charge >= 0.3 is 0 Å². The third-order valence-electron chi connectivity index (χ3n) is 5.47. The van der Waals surface area contributed by atoms with Crippen molar-refractivity contribution in [1.29, 1.82) is 0 Å². The second kappa shape index (κ2) is 8.22. The van der Waals surface area contributed by atoms with Crippen LogP contribution in [0.3, 0.4) is 0 Å². The molecule has 1 saturated heterocycles. The maximum absolute atomic E-state index is 13.6. The van der Waals surface area contributed by atoms with Crippen molar-refractivity contribution in [3.63, 3.8) is 0 Å². The number of aryl methyl sites for hydroxylation is 2. The molecule has 0 saturated carbocycles.